The smallest absolute Gasteiger partial charge is 0.184 e. The molecule has 1 aliphatic carbocycles. The van der Waals surface area contributed by atoms with Gasteiger partial charge >= 0.3 is 0 Å². The van der Waals surface area contributed by atoms with Crippen LogP contribution in [-0.2, 0) is 6.42 Å². The van der Waals surface area contributed by atoms with E-state index in [1.165, 1.54) is 42.9 Å². The SMILES string of the molecule is CC1CCC(c2ccc(C/C=C\C=C(/N)F)cc2)CC1. The van der Waals surface area contributed by atoms with Crippen molar-refractivity contribution in [1.82, 2.24) is 0 Å². The molecule has 0 amide bonds. The fraction of sp³-hybridized carbons (Fsp3) is 0.444. The summed E-state index contributed by atoms with van der Waals surface area (Å²) in [7, 11) is 0. The summed E-state index contributed by atoms with van der Waals surface area (Å²) in [4.78, 5) is 0. The number of benzene rings is 1. The van der Waals surface area contributed by atoms with E-state index in [-0.39, 0.29) is 0 Å². The Hall–Kier alpha value is -1.57. The van der Waals surface area contributed by atoms with Crippen LogP contribution in [0.5, 0.6) is 0 Å². The van der Waals surface area contributed by atoms with Crippen LogP contribution in [0.1, 0.15) is 49.7 Å². The van der Waals surface area contributed by atoms with Crippen LogP contribution in [0, 0.1) is 5.92 Å². The average molecular weight is 273 g/mol. The molecule has 108 valence electrons. The van der Waals surface area contributed by atoms with Crippen LogP contribution in [0.15, 0.2) is 48.4 Å². The maximum Gasteiger partial charge on any atom is 0.184 e. The predicted octanol–water partition coefficient (Wildman–Crippen LogP) is 4.85. The van der Waals surface area contributed by atoms with E-state index in [4.69, 9.17) is 5.73 Å². The Morgan fingerprint density at radius 3 is 2.45 bits per heavy atom. The van der Waals surface area contributed by atoms with E-state index in [0.717, 1.165) is 18.3 Å². The molecule has 1 nitrogen and oxygen atoms in total. The van der Waals surface area contributed by atoms with Crippen molar-refractivity contribution in [3.8, 4) is 0 Å². The third-order valence-electron chi connectivity index (χ3n) is 4.21. The van der Waals surface area contributed by atoms with E-state index < -0.39 is 5.95 Å². The Morgan fingerprint density at radius 1 is 1.20 bits per heavy atom. The number of hydrogen-bond acceptors (Lipinski definition) is 1. The van der Waals surface area contributed by atoms with E-state index >= 15 is 0 Å². The van der Waals surface area contributed by atoms with Gasteiger partial charge in [-0.15, -0.1) is 0 Å². The van der Waals surface area contributed by atoms with Gasteiger partial charge in [0.1, 0.15) is 0 Å². The van der Waals surface area contributed by atoms with Crippen molar-refractivity contribution in [2.75, 3.05) is 0 Å². The van der Waals surface area contributed by atoms with Crippen molar-refractivity contribution in [1.29, 1.82) is 0 Å². The van der Waals surface area contributed by atoms with E-state index in [9.17, 15) is 4.39 Å². The summed E-state index contributed by atoms with van der Waals surface area (Å²) in [5.74, 6) is 0.986. The zero-order valence-corrected chi connectivity index (χ0v) is 12.2. The lowest BCUT2D eigenvalue weighted by molar-refractivity contribution is 0.348. The second kappa shape index (κ2) is 7.28. The van der Waals surface area contributed by atoms with Gasteiger partial charge in [0.25, 0.3) is 0 Å². The summed E-state index contributed by atoms with van der Waals surface area (Å²) in [6, 6.07) is 8.87. The van der Waals surface area contributed by atoms with E-state index in [1.807, 2.05) is 6.08 Å². The van der Waals surface area contributed by atoms with Gasteiger partial charge in [0.15, 0.2) is 5.95 Å². The standard InChI is InChI=1S/C18H24FN/c1-14-6-10-16(11-7-14)17-12-8-15(9-13-17)4-2-3-5-18(19)20/h2-3,5,8-9,12-14,16H,4,6-7,10-11,20H2,1H3/b3-2-,18-5-. The molecule has 1 aromatic rings. The highest BCUT2D eigenvalue weighted by atomic mass is 19.1. The molecule has 0 radical (unpaired) electrons. The molecule has 1 saturated carbocycles. The minimum Gasteiger partial charge on any atom is -0.376 e. The Kier molecular flexibility index (Phi) is 5.40. The largest absolute Gasteiger partial charge is 0.376 e. The van der Waals surface area contributed by atoms with E-state index in [1.54, 1.807) is 6.08 Å². The van der Waals surface area contributed by atoms with Crippen molar-refractivity contribution < 1.29 is 4.39 Å². The van der Waals surface area contributed by atoms with E-state index in [2.05, 4.69) is 31.2 Å². The minimum absolute atomic E-state index is 0.650. The van der Waals surface area contributed by atoms with Gasteiger partial charge in [-0.2, -0.15) is 4.39 Å². The van der Waals surface area contributed by atoms with Crippen LogP contribution >= 0.6 is 0 Å². The van der Waals surface area contributed by atoms with Crippen LogP contribution in [0.25, 0.3) is 0 Å². The molecule has 0 aliphatic heterocycles. The molecule has 1 fully saturated rings. The topological polar surface area (TPSA) is 26.0 Å². The Morgan fingerprint density at radius 2 is 1.85 bits per heavy atom. The first kappa shape index (κ1) is 14.8. The third kappa shape index (κ3) is 4.52. The highest BCUT2D eigenvalue weighted by molar-refractivity contribution is 5.27. The second-order valence-corrected chi connectivity index (χ2v) is 5.88. The molecule has 1 aliphatic rings. The van der Waals surface area contributed by atoms with Crippen molar-refractivity contribution in [2.24, 2.45) is 11.7 Å². The first-order valence-electron chi connectivity index (χ1n) is 7.52. The predicted molar refractivity (Wildman–Crippen MR) is 83.0 cm³/mol. The van der Waals surface area contributed by atoms with Gasteiger partial charge < -0.3 is 5.73 Å². The maximum absolute atomic E-state index is 12.3. The number of halogens is 1. The molecule has 0 saturated heterocycles. The van der Waals surface area contributed by atoms with Crippen LogP contribution in [0.2, 0.25) is 0 Å². The number of rotatable bonds is 4. The summed E-state index contributed by atoms with van der Waals surface area (Å²) >= 11 is 0. The Balaban J connectivity index is 1.89. The van der Waals surface area contributed by atoms with Crippen molar-refractivity contribution >= 4 is 0 Å². The molecule has 0 atom stereocenters. The van der Waals surface area contributed by atoms with Gasteiger partial charge in [0.2, 0.25) is 0 Å². The van der Waals surface area contributed by atoms with Gasteiger partial charge in [-0.3, -0.25) is 0 Å². The molecule has 1 aromatic carbocycles. The van der Waals surface area contributed by atoms with Crippen LogP contribution in [0.3, 0.4) is 0 Å². The monoisotopic (exact) mass is 273 g/mol. The highest BCUT2D eigenvalue weighted by Gasteiger charge is 2.19. The number of nitrogens with two attached hydrogens (primary N) is 1. The van der Waals surface area contributed by atoms with Crippen LogP contribution in [0.4, 0.5) is 4.39 Å². The highest BCUT2D eigenvalue weighted by Crippen LogP contribution is 2.35. The summed E-state index contributed by atoms with van der Waals surface area (Å²) in [5, 5.41) is 0. The maximum atomic E-state index is 12.3. The summed E-state index contributed by atoms with van der Waals surface area (Å²) in [5.41, 5.74) is 7.65. The van der Waals surface area contributed by atoms with Crippen molar-refractivity contribution in [3.05, 3.63) is 59.6 Å². The number of allylic oxidation sites excluding steroid dienone is 3. The molecular weight excluding hydrogens is 249 g/mol. The lowest BCUT2D eigenvalue weighted by atomic mass is 9.79. The van der Waals surface area contributed by atoms with E-state index in [0.29, 0.717) is 0 Å². The molecule has 20 heavy (non-hydrogen) atoms. The van der Waals surface area contributed by atoms with Gasteiger partial charge in [0.05, 0.1) is 0 Å². The fourth-order valence-electron chi connectivity index (χ4n) is 2.88. The lowest BCUT2D eigenvalue weighted by Crippen LogP contribution is -2.10. The quantitative estimate of drug-likeness (QED) is 0.616. The van der Waals surface area contributed by atoms with Crippen LogP contribution < -0.4 is 5.73 Å². The molecule has 2 heteroatoms. The van der Waals surface area contributed by atoms with Gasteiger partial charge in [-0.1, -0.05) is 56.2 Å². The molecule has 0 heterocycles. The van der Waals surface area contributed by atoms with Crippen molar-refractivity contribution in [3.63, 3.8) is 0 Å². The Bertz CT molecular complexity index is 461. The second-order valence-electron chi connectivity index (χ2n) is 5.88. The average Bonchev–Trinajstić information content (AvgIpc) is 2.45. The van der Waals surface area contributed by atoms with Crippen molar-refractivity contribution in [2.45, 2.75) is 44.9 Å². The molecule has 2 N–H and O–H groups in total. The van der Waals surface area contributed by atoms with Gasteiger partial charge in [-0.25, -0.2) is 0 Å². The zero-order valence-electron chi connectivity index (χ0n) is 12.2. The number of hydrogen-bond donors (Lipinski definition) is 1. The first-order chi connectivity index (χ1) is 9.65. The summed E-state index contributed by atoms with van der Waals surface area (Å²) in [6.07, 6.45) is 11.0. The molecule has 0 spiro atoms. The minimum atomic E-state index is -0.650. The normalized spacial score (nSPS) is 24.2. The summed E-state index contributed by atoms with van der Waals surface area (Å²) in [6.45, 7) is 2.35. The Labute approximate surface area is 121 Å². The summed E-state index contributed by atoms with van der Waals surface area (Å²) < 4.78 is 12.3. The molecule has 2 rings (SSSR count). The molecule has 0 bridgehead atoms. The van der Waals surface area contributed by atoms with Gasteiger partial charge in [0, 0.05) is 0 Å². The van der Waals surface area contributed by atoms with Gasteiger partial charge in [-0.05, 0) is 48.3 Å². The molecular formula is C18H24FN. The lowest BCUT2D eigenvalue weighted by Gasteiger charge is -2.26. The third-order valence-corrected chi connectivity index (χ3v) is 4.21. The fourth-order valence-corrected chi connectivity index (χ4v) is 2.88. The first-order valence-corrected chi connectivity index (χ1v) is 7.52. The van der Waals surface area contributed by atoms with Crippen LogP contribution in [-0.4, -0.2) is 0 Å². The zero-order chi connectivity index (χ0) is 14.4. The molecule has 0 aromatic heterocycles. The molecule has 0 unspecified atom stereocenters.